The van der Waals surface area contributed by atoms with Crippen molar-refractivity contribution in [1.29, 1.82) is 0 Å². The summed E-state index contributed by atoms with van der Waals surface area (Å²) in [4.78, 5) is 21.9. The quantitative estimate of drug-likeness (QED) is 0.773. The molecule has 0 unspecified atom stereocenters. The van der Waals surface area contributed by atoms with Gasteiger partial charge in [0.2, 0.25) is 0 Å². The number of hydrogen-bond acceptors (Lipinski definition) is 3. The number of halogens is 1. The number of carbonyl (C=O) groups is 2. The van der Waals surface area contributed by atoms with Gasteiger partial charge in [-0.3, -0.25) is 9.59 Å². The predicted octanol–water partition coefficient (Wildman–Crippen LogP) is 1.51. The van der Waals surface area contributed by atoms with Crippen molar-refractivity contribution in [3.05, 3.63) is 35.6 Å². The highest BCUT2D eigenvalue weighted by Gasteiger charge is 2.40. The van der Waals surface area contributed by atoms with Gasteiger partial charge in [-0.1, -0.05) is 12.1 Å². The Balaban J connectivity index is 2.28. The molecule has 1 N–H and O–H groups in total. The van der Waals surface area contributed by atoms with Crippen LogP contribution in [0.5, 0.6) is 0 Å². The normalized spacial score (nSPS) is 24.2. The van der Waals surface area contributed by atoms with Gasteiger partial charge in [-0.15, -0.1) is 0 Å². The van der Waals surface area contributed by atoms with E-state index in [0.29, 0.717) is 5.56 Å². The monoisotopic (exact) mass is 224 g/mol. The molecule has 1 aliphatic rings. The molecule has 0 spiro atoms. The summed E-state index contributed by atoms with van der Waals surface area (Å²) in [5, 5.41) is 8.91. The zero-order valence-electron chi connectivity index (χ0n) is 8.22. The van der Waals surface area contributed by atoms with Gasteiger partial charge >= 0.3 is 11.9 Å². The minimum absolute atomic E-state index is 0.141. The number of carboxylic acid groups (broad SMARTS) is 1. The average Bonchev–Trinajstić information content (AvgIpc) is 2.61. The minimum atomic E-state index is -1.08. The number of carbonyl (C=O) groups excluding carboxylic acids is 1. The molecule has 2 rings (SSSR count). The van der Waals surface area contributed by atoms with Crippen LogP contribution in [0.2, 0.25) is 0 Å². The smallest absolute Gasteiger partial charge is 0.311 e. The van der Waals surface area contributed by atoms with E-state index in [1.165, 1.54) is 24.3 Å². The Morgan fingerprint density at radius 1 is 1.38 bits per heavy atom. The molecule has 16 heavy (non-hydrogen) atoms. The highest BCUT2D eigenvalue weighted by molar-refractivity contribution is 5.82. The molecule has 0 bridgehead atoms. The number of ether oxygens (including phenoxy) is 1. The molecule has 0 aromatic heterocycles. The summed E-state index contributed by atoms with van der Waals surface area (Å²) in [7, 11) is 0. The topological polar surface area (TPSA) is 63.6 Å². The number of esters is 1. The van der Waals surface area contributed by atoms with Crippen molar-refractivity contribution in [2.75, 3.05) is 0 Å². The van der Waals surface area contributed by atoms with Crippen molar-refractivity contribution in [3.8, 4) is 0 Å². The van der Waals surface area contributed by atoms with Crippen LogP contribution in [0, 0.1) is 11.7 Å². The van der Waals surface area contributed by atoms with Gasteiger partial charge in [0, 0.05) is 0 Å². The van der Waals surface area contributed by atoms with Crippen molar-refractivity contribution >= 4 is 11.9 Å². The molecule has 2 atom stereocenters. The highest BCUT2D eigenvalue weighted by Crippen LogP contribution is 2.35. The van der Waals surface area contributed by atoms with Crippen molar-refractivity contribution in [2.24, 2.45) is 5.92 Å². The molecule has 0 aliphatic carbocycles. The summed E-state index contributed by atoms with van der Waals surface area (Å²) in [5.41, 5.74) is 0.500. The first-order chi connectivity index (χ1) is 7.58. The van der Waals surface area contributed by atoms with Crippen LogP contribution >= 0.6 is 0 Å². The molecule has 1 heterocycles. The summed E-state index contributed by atoms with van der Waals surface area (Å²) in [6.45, 7) is 0. The van der Waals surface area contributed by atoms with E-state index in [4.69, 9.17) is 9.84 Å². The van der Waals surface area contributed by atoms with Crippen molar-refractivity contribution < 1.29 is 23.8 Å². The summed E-state index contributed by atoms with van der Waals surface area (Å²) < 4.78 is 17.6. The molecule has 84 valence electrons. The van der Waals surface area contributed by atoms with E-state index in [1.54, 1.807) is 0 Å². The van der Waals surface area contributed by atoms with Crippen LogP contribution in [0.1, 0.15) is 18.1 Å². The molecule has 0 saturated carbocycles. The van der Waals surface area contributed by atoms with Gasteiger partial charge < -0.3 is 9.84 Å². The van der Waals surface area contributed by atoms with Crippen LogP contribution in [-0.4, -0.2) is 17.0 Å². The Kier molecular flexibility index (Phi) is 2.60. The first-order valence-corrected chi connectivity index (χ1v) is 4.75. The predicted molar refractivity (Wildman–Crippen MR) is 51.0 cm³/mol. The molecular weight excluding hydrogens is 215 g/mol. The zero-order valence-corrected chi connectivity index (χ0v) is 8.22. The van der Waals surface area contributed by atoms with Crippen molar-refractivity contribution in [2.45, 2.75) is 12.5 Å². The number of hydrogen-bond donors (Lipinski definition) is 1. The molecule has 1 aliphatic heterocycles. The number of aliphatic carboxylic acids is 1. The number of rotatable bonds is 2. The maximum absolute atomic E-state index is 12.7. The Hall–Kier alpha value is -1.91. The molecule has 0 amide bonds. The maximum atomic E-state index is 12.7. The number of benzene rings is 1. The summed E-state index contributed by atoms with van der Waals surface area (Å²) >= 11 is 0. The van der Waals surface area contributed by atoms with Crippen molar-refractivity contribution in [3.63, 3.8) is 0 Å². The molecular formula is C11H9FO4. The second kappa shape index (κ2) is 3.92. The van der Waals surface area contributed by atoms with E-state index in [0.717, 1.165) is 0 Å². The fourth-order valence-corrected chi connectivity index (χ4v) is 1.73. The Labute approximate surface area is 90.6 Å². The standard InChI is InChI=1S/C11H9FO4/c12-7-3-1-6(2-4-7)10-8(11(14)15)5-9(13)16-10/h1-4,8,10H,5H2,(H,14,15)/t8-,10+/m1/s1. The lowest BCUT2D eigenvalue weighted by Crippen LogP contribution is -2.17. The first-order valence-electron chi connectivity index (χ1n) is 4.75. The van der Waals surface area contributed by atoms with Crippen LogP contribution < -0.4 is 0 Å². The summed E-state index contributed by atoms with van der Waals surface area (Å²) in [6.07, 6.45) is -0.956. The van der Waals surface area contributed by atoms with Crippen LogP contribution in [-0.2, 0) is 14.3 Å². The third-order valence-corrected chi connectivity index (χ3v) is 2.53. The van der Waals surface area contributed by atoms with E-state index in [1.807, 2.05) is 0 Å². The molecule has 5 heteroatoms. The highest BCUT2D eigenvalue weighted by atomic mass is 19.1. The van der Waals surface area contributed by atoms with Crippen LogP contribution in [0.4, 0.5) is 4.39 Å². The second-order valence-corrected chi connectivity index (χ2v) is 3.61. The fourth-order valence-electron chi connectivity index (χ4n) is 1.73. The SMILES string of the molecule is O=C1C[C@@H](C(=O)O)[C@H](c2ccc(F)cc2)O1. The first kappa shape index (κ1) is 10.6. The van der Waals surface area contributed by atoms with E-state index in [9.17, 15) is 14.0 Å². The maximum Gasteiger partial charge on any atom is 0.311 e. The Morgan fingerprint density at radius 2 is 2.00 bits per heavy atom. The largest absolute Gasteiger partial charge is 0.481 e. The lowest BCUT2D eigenvalue weighted by molar-refractivity contribution is -0.144. The van der Waals surface area contributed by atoms with Gasteiger partial charge in [-0.05, 0) is 17.7 Å². The lowest BCUT2D eigenvalue weighted by atomic mass is 9.95. The molecule has 1 aromatic rings. The van der Waals surface area contributed by atoms with Crippen LogP contribution in [0.25, 0.3) is 0 Å². The number of carboxylic acids is 1. The zero-order chi connectivity index (χ0) is 11.7. The van der Waals surface area contributed by atoms with E-state index < -0.39 is 29.8 Å². The lowest BCUT2D eigenvalue weighted by Gasteiger charge is -2.14. The average molecular weight is 224 g/mol. The Bertz CT molecular complexity index is 426. The van der Waals surface area contributed by atoms with Gasteiger partial charge in [0.15, 0.2) is 0 Å². The molecule has 1 fully saturated rings. The van der Waals surface area contributed by atoms with Crippen molar-refractivity contribution in [1.82, 2.24) is 0 Å². The molecule has 0 radical (unpaired) electrons. The second-order valence-electron chi connectivity index (χ2n) is 3.61. The molecule has 1 aromatic carbocycles. The minimum Gasteiger partial charge on any atom is -0.481 e. The van der Waals surface area contributed by atoms with Crippen LogP contribution in [0.3, 0.4) is 0 Å². The van der Waals surface area contributed by atoms with E-state index >= 15 is 0 Å². The van der Waals surface area contributed by atoms with E-state index in [2.05, 4.69) is 0 Å². The molecule has 1 saturated heterocycles. The van der Waals surface area contributed by atoms with Gasteiger partial charge in [-0.25, -0.2) is 4.39 Å². The van der Waals surface area contributed by atoms with Gasteiger partial charge in [-0.2, -0.15) is 0 Å². The number of cyclic esters (lactones) is 1. The van der Waals surface area contributed by atoms with E-state index in [-0.39, 0.29) is 6.42 Å². The van der Waals surface area contributed by atoms with Gasteiger partial charge in [0.25, 0.3) is 0 Å². The third-order valence-electron chi connectivity index (χ3n) is 2.53. The Morgan fingerprint density at radius 3 is 2.56 bits per heavy atom. The fraction of sp³-hybridized carbons (Fsp3) is 0.273. The van der Waals surface area contributed by atoms with Gasteiger partial charge in [0.1, 0.15) is 17.8 Å². The third kappa shape index (κ3) is 1.88. The molecule has 4 nitrogen and oxygen atoms in total. The van der Waals surface area contributed by atoms with Gasteiger partial charge in [0.05, 0.1) is 6.42 Å². The van der Waals surface area contributed by atoms with Crippen LogP contribution in [0.15, 0.2) is 24.3 Å². The summed E-state index contributed by atoms with van der Waals surface area (Å²) in [6, 6.07) is 5.27. The summed E-state index contributed by atoms with van der Waals surface area (Å²) in [5.74, 6) is -2.93.